The van der Waals surface area contributed by atoms with Gasteiger partial charge in [0.05, 0.1) is 0 Å². The molecule has 0 aliphatic heterocycles. The summed E-state index contributed by atoms with van der Waals surface area (Å²) >= 11 is 0. The van der Waals surface area contributed by atoms with Gasteiger partial charge in [-0.25, -0.2) is 4.39 Å². The van der Waals surface area contributed by atoms with E-state index in [2.05, 4.69) is 4.74 Å². The molecule has 0 aliphatic carbocycles. The normalized spacial score (nSPS) is 18.7. The second kappa shape index (κ2) is 11.4. The lowest BCUT2D eigenvalue weighted by Crippen LogP contribution is -2.51. The van der Waals surface area contributed by atoms with E-state index < -0.39 is 62.1 Å². The maximum Gasteiger partial charge on any atom is 0.450 e. The van der Waals surface area contributed by atoms with Gasteiger partial charge in [0.25, 0.3) is 0 Å². The van der Waals surface area contributed by atoms with Gasteiger partial charge in [-0.1, -0.05) is 13.1 Å². The van der Waals surface area contributed by atoms with Crippen molar-refractivity contribution in [2.24, 2.45) is 0 Å². The standard InChI is InChI=1S/C12H29F5O5Si4/c1-23-20-25(3,4)22-26(5,21-24-2)8-6-7-18-9-11(14,19-10-13)12(15,16)17/h6-10,23-24H2,1-5H3. The Morgan fingerprint density at radius 1 is 0.962 bits per heavy atom. The highest BCUT2D eigenvalue weighted by Crippen LogP contribution is 2.35. The predicted octanol–water partition coefficient (Wildman–Crippen LogP) is 2.65. The molecule has 0 aromatic rings. The summed E-state index contributed by atoms with van der Waals surface area (Å²) in [6.07, 6.45) is -5.05. The largest absolute Gasteiger partial charge is 0.450 e. The molecule has 158 valence electrons. The highest BCUT2D eigenvalue weighted by atomic mass is 28.5. The van der Waals surface area contributed by atoms with Crippen LogP contribution in [0.3, 0.4) is 0 Å². The summed E-state index contributed by atoms with van der Waals surface area (Å²) in [5, 5.41) is 0. The van der Waals surface area contributed by atoms with Crippen LogP contribution in [0.5, 0.6) is 0 Å². The minimum Gasteiger partial charge on any atom is -0.442 e. The zero-order valence-corrected chi connectivity index (χ0v) is 20.7. The van der Waals surface area contributed by atoms with Crippen LogP contribution in [-0.4, -0.2) is 68.8 Å². The Morgan fingerprint density at radius 3 is 2.00 bits per heavy atom. The Bertz CT molecular complexity index is 407. The van der Waals surface area contributed by atoms with Crippen LogP contribution in [0, 0.1) is 0 Å². The van der Waals surface area contributed by atoms with Gasteiger partial charge in [0.2, 0.25) is 0 Å². The molecule has 0 aliphatic rings. The molecule has 0 aromatic carbocycles. The molecule has 2 unspecified atom stereocenters. The fourth-order valence-electron chi connectivity index (χ4n) is 2.35. The van der Waals surface area contributed by atoms with Crippen LogP contribution in [-0.2, 0) is 21.8 Å². The molecule has 0 amide bonds. The summed E-state index contributed by atoms with van der Waals surface area (Å²) in [6.45, 7) is 6.25. The van der Waals surface area contributed by atoms with E-state index in [4.69, 9.17) is 17.1 Å². The van der Waals surface area contributed by atoms with Gasteiger partial charge in [0.15, 0.2) is 6.86 Å². The number of alkyl halides is 5. The molecule has 5 nitrogen and oxygen atoms in total. The Hall–Kier alpha value is 0.318. The first-order chi connectivity index (χ1) is 11.8. The number of rotatable bonds is 14. The lowest BCUT2D eigenvalue weighted by Gasteiger charge is -2.35. The van der Waals surface area contributed by atoms with Crippen LogP contribution >= 0.6 is 0 Å². The second-order valence-electron chi connectivity index (χ2n) is 6.14. The molecule has 0 radical (unpaired) electrons. The van der Waals surface area contributed by atoms with Crippen molar-refractivity contribution in [1.82, 2.24) is 0 Å². The highest BCUT2D eigenvalue weighted by Gasteiger charge is 2.58. The zero-order chi connectivity index (χ0) is 20.5. The molecular formula is C12H29F5O5Si4. The maximum atomic E-state index is 13.6. The topological polar surface area (TPSA) is 46.2 Å². The summed E-state index contributed by atoms with van der Waals surface area (Å²) in [7, 11) is -6.23. The molecule has 0 saturated carbocycles. The molecule has 0 rings (SSSR count). The van der Waals surface area contributed by atoms with Crippen molar-refractivity contribution in [3.8, 4) is 0 Å². The monoisotopic (exact) mass is 460 g/mol. The molecule has 0 heterocycles. The molecule has 0 N–H and O–H groups in total. The van der Waals surface area contributed by atoms with Crippen molar-refractivity contribution in [2.45, 2.75) is 57.2 Å². The summed E-state index contributed by atoms with van der Waals surface area (Å²) < 4.78 is 89.5. The van der Waals surface area contributed by atoms with Gasteiger partial charge in [-0.2, -0.15) is 17.6 Å². The molecule has 0 bridgehead atoms. The molecule has 14 heteroatoms. The van der Waals surface area contributed by atoms with E-state index in [1.54, 1.807) is 0 Å². The fourth-order valence-corrected chi connectivity index (χ4v) is 15.0. The molecule has 0 aromatic heterocycles. The Kier molecular flexibility index (Phi) is 11.5. The van der Waals surface area contributed by atoms with Crippen molar-refractivity contribution in [2.75, 3.05) is 20.1 Å². The molecule has 0 fully saturated rings. The first-order valence-corrected chi connectivity index (χ1v) is 17.7. The highest BCUT2D eigenvalue weighted by molar-refractivity contribution is 6.82. The first-order valence-electron chi connectivity index (χ1n) is 8.36. The maximum absolute atomic E-state index is 13.6. The van der Waals surface area contributed by atoms with Gasteiger partial charge in [-0.15, -0.1) is 0 Å². The Balaban J connectivity index is 4.56. The third-order valence-electron chi connectivity index (χ3n) is 3.32. The second-order valence-corrected chi connectivity index (χ2v) is 16.0. The van der Waals surface area contributed by atoms with Crippen LogP contribution in [0.2, 0.25) is 38.8 Å². The quantitative estimate of drug-likeness (QED) is 0.227. The SMILES string of the molecule is C[SiH2]O[Si](C)(C)O[Si](C)(CCCOCC(F)(OCF)C(F)(F)F)O[SiH2]C. The molecule has 26 heavy (non-hydrogen) atoms. The average Bonchev–Trinajstić information content (AvgIpc) is 2.45. The number of hydrogen-bond acceptors (Lipinski definition) is 5. The van der Waals surface area contributed by atoms with E-state index in [0.29, 0.717) is 12.5 Å². The molecule has 2 atom stereocenters. The molecule has 0 saturated heterocycles. The van der Waals surface area contributed by atoms with Gasteiger partial charge in [-0.3, -0.25) is 0 Å². The van der Waals surface area contributed by atoms with Gasteiger partial charge in [0.1, 0.15) is 26.1 Å². The number of halogens is 5. The van der Waals surface area contributed by atoms with Crippen LogP contribution in [0.1, 0.15) is 6.42 Å². The van der Waals surface area contributed by atoms with E-state index in [1.807, 2.05) is 32.7 Å². The first kappa shape index (κ1) is 26.3. The zero-order valence-electron chi connectivity index (χ0n) is 15.9. The van der Waals surface area contributed by atoms with E-state index in [-0.39, 0.29) is 6.61 Å². The van der Waals surface area contributed by atoms with E-state index in [0.717, 1.165) is 0 Å². The van der Waals surface area contributed by atoms with Crippen molar-refractivity contribution in [3.63, 3.8) is 0 Å². The third kappa shape index (κ3) is 9.49. The van der Waals surface area contributed by atoms with E-state index in [1.165, 1.54) is 0 Å². The summed E-state index contributed by atoms with van der Waals surface area (Å²) in [6, 6.07) is 0.480. The smallest absolute Gasteiger partial charge is 0.442 e. The van der Waals surface area contributed by atoms with Crippen molar-refractivity contribution in [3.05, 3.63) is 0 Å². The van der Waals surface area contributed by atoms with Gasteiger partial charge in [-0.05, 0) is 32.1 Å². The minimum atomic E-state index is -5.38. The Labute approximate surface area is 158 Å². The van der Waals surface area contributed by atoms with Crippen LogP contribution in [0.4, 0.5) is 22.0 Å². The Morgan fingerprint density at radius 2 is 1.54 bits per heavy atom. The summed E-state index contributed by atoms with van der Waals surface area (Å²) in [5.41, 5.74) is 0. The van der Waals surface area contributed by atoms with Crippen molar-refractivity contribution < 1.29 is 43.8 Å². The lowest BCUT2D eigenvalue weighted by molar-refractivity contribution is -0.353. The molecular weight excluding hydrogens is 431 g/mol. The van der Waals surface area contributed by atoms with Gasteiger partial charge < -0.3 is 21.8 Å². The van der Waals surface area contributed by atoms with Crippen molar-refractivity contribution >= 4 is 36.6 Å². The lowest BCUT2D eigenvalue weighted by atomic mass is 10.3. The van der Waals surface area contributed by atoms with Gasteiger partial charge >= 0.3 is 29.2 Å². The number of hydrogen-bond donors (Lipinski definition) is 0. The van der Waals surface area contributed by atoms with E-state index in [9.17, 15) is 22.0 Å². The van der Waals surface area contributed by atoms with Crippen LogP contribution in [0.25, 0.3) is 0 Å². The third-order valence-corrected chi connectivity index (χ3v) is 15.8. The van der Waals surface area contributed by atoms with E-state index >= 15 is 0 Å². The minimum absolute atomic E-state index is 0.149. The number of ether oxygens (including phenoxy) is 2. The predicted molar refractivity (Wildman–Crippen MR) is 98.4 cm³/mol. The van der Waals surface area contributed by atoms with Gasteiger partial charge in [0, 0.05) is 6.61 Å². The summed E-state index contributed by atoms with van der Waals surface area (Å²) in [5.74, 6) is -4.15. The van der Waals surface area contributed by atoms with Crippen LogP contribution in [0.15, 0.2) is 0 Å². The van der Waals surface area contributed by atoms with Crippen molar-refractivity contribution in [1.29, 1.82) is 0 Å². The average molecular weight is 461 g/mol. The summed E-state index contributed by atoms with van der Waals surface area (Å²) in [4.78, 5) is 0. The fraction of sp³-hybridized carbons (Fsp3) is 1.00. The van der Waals surface area contributed by atoms with Crippen LogP contribution < -0.4 is 0 Å². The molecule has 0 spiro atoms.